The normalized spacial score (nSPS) is 11.8. The third-order valence-electron chi connectivity index (χ3n) is 3.19. The molecule has 114 valence electrons. The molecule has 0 bridgehead atoms. The standard InChI is InChI=1S/C15H13BrN2O2S2/c1-9-3-6-14(10(2)7-9)22(19,20)18-15-17-12-5-4-11(16)8-13(12)21-15/h3-8H,1-2H3,(H,17,18). The molecule has 0 atom stereocenters. The molecule has 0 saturated carbocycles. The van der Waals surface area contributed by atoms with Crippen molar-refractivity contribution in [2.24, 2.45) is 0 Å². The van der Waals surface area contributed by atoms with Gasteiger partial charge in [0.2, 0.25) is 0 Å². The predicted molar refractivity (Wildman–Crippen MR) is 94.0 cm³/mol. The van der Waals surface area contributed by atoms with Gasteiger partial charge in [-0.2, -0.15) is 0 Å². The molecule has 0 aliphatic rings. The van der Waals surface area contributed by atoms with Crippen molar-refractivity contribution in [1.82, 2.24) is 4.98 Å². The van der Waals surface area contributed by atoms with E-state index in [9.17, 15) is 8.42 Å². The van der Waals surface area contributed by atoms with Crippen molar-refractivity contribution in [2.45, 2.75) is 18.7 Å². The van der Waals surface area contributed by atoms with Crippen LogP contribution >= 0.6 is 27.3 Å². The van der Waals surface area contributed by atoms with E-state index in [0.717, 1.165) is 25.8 Å². The lowest BCUT2D eigenvalue weighted by Gasteiger charge is -2.08. The fourth-order valence-corrected chi connectivity index (χ4v) is 5.09. The van der Waals surface area contributed by atoms with E-state index < -0.39 is 10.0 Å². The third kappa shape index (κ3) is 3.02. The Kier molecular flexibility index (Phi) is 3.96. The number of hydrogen-bond acceptors (Lipinski definition) is 4. The summed E-state index contributed by atoms with van der Waals surface area (Å²) < 4.78 is 29.5. The highest BCUT2D eigenvalue weighted by molar-refractivity contribution is 9.10. The number of nitrogens with one attached hydrogen (secondary N) is 1. The van der Waals surface area contributed by atoms with Crippen LogP contribution < -0.4 is 4.72 Å². The van der Waals surface area contributed by atoms with Crippen LogP contribution in [0, 0.1) is 13.8 Å². The molecule has 7 heteroatoms. The van der Waals surface area contributed by atoms with Gasteiger partial charge in [0.15, 0.2) is 5.13 Å². The van der Waals surface area contributed by atoms with Crippen molar-refractivity contribution < 1.29 is 8.42 Å². The molecule has 4 nitrogen and oxygen atoms in total. The second kappa shape index (κ2) is 5.64. The number of sulfonamides is 1. The van der Waals surface area contributed by atoms with E-state index in [1.165, 1.54) is 11.3 Å². The number of hydrogen-bond donors (Lipinski definition) is 1. The van der Waals surface area contributed by atoms with Gasteiger partial charge in [0, 0.05) is 4.47 Å². The zero-order chi connectivity index (χ0) is 15.9. The average Bonchev–Trinajstić information content (AvgIpc) is 2.78. The number of fused-ring (bicyclic) bond motifs is 1. The maximum absolute atomic E-state index is 12.5. The van der Waals surface area contributed by atoms with Gasteiger partial charge in [-0.05, 0) is 43.7 Å². The average molecular weight is 397 g/mol. The first-order valence-electron chi connectivity index (χ1n) is 6.51. The molecule has 3 rings (SSSR count). The minimum absolute atomic E-state index is 0.276. The second-order valence-electron chi connectivity index (χ2n) is 5.01. The van der Waals surface area contributed by atoms with E-state index >= 15 is 0 Å². The summed E-state index contributed by atoms with van der Waals surface area (Å²) in [5.41, 5.74) is 2.52. The van der Waals surface area contributed by atoms with E-state index in [-0.39, 0.29) is 4.90 Å². The topological polar surface area (TPSA) is 59.1 Å². The van der Waals surface area contributed by atoms with Crippen LogP contribution in [0.15, 0.2) is 45.8 Å². The largest absolute Gasteiger partial charge is 0.263 e. The molecule has 0 aliphatic heterocycles. The van der Waals surface area contributed by atoms with Crippen LogP contribution in [0.4, 0.5) is 5.13 Å². The van der Waals surface area contributed by atoms with Gasteiger partial charge < -0.3 is 0 Å². The molecule has 0 spiro atoms. The molecule has 0 radical (unpaired) electrons. The molecule has 0 saturated heterocycles. The van der Waals surface area contributed by atoms with Crippen LogP contribution in [-0.4, -0.2) is 13.4 Å². The molecule has 2 aromatic carbocycles. The Morgan fingerprint density at radius 2 is 1.91 bits per heavy atom. The van der Waals surface area contributed by atoms with Crippen LogP contribution in [0.25, 0.3) is 10.2 Å². The number of aryl methyl sites for hydroxylation is 2. The molecule has 0 aliphatic carbocycles. The van der Waals surface area contributed by atoms with Crippen molar-refractivity contribution in [2.75, 3.05) is 4.72 Å². The molecule has 0 amide bonds. The summed E-state index contributed by atoms with van der Waals surface area (Å²) in [6.45, 7) is 3.72. The van der Waals surface area contributed by atoms with E-state index in [4.69, 9.17) is 0 Å². The SMILES string of the molecule is Cc1ccc(S(=O)(=O)Nc2nc3ccc(Br)cc3s2)c(C)c1. The smallest absolute Gasteiger partial charge is 0.255 e. The monoisotopic (exact) mass is 396 g/mol. The Morgan fingerprint density at radius 3 is 2.64 bits per heavy atom. The van der Waals surface area contributed by atoms with Gasteiger partial charge in [-0.1, -0.05) is 45.0 Å². The van der Waals surface area contributed by atoms with Crippen molar-refractivity contribution in [3.8, 4) is 0 Å². The number of aromatic nitrogens is 1. The summed E-state index contributed by atoms with van der Waals surface area (Å²) in [7, 11) is -3.63. The van der Waals surface area contributed by atoms with Crippen molar-refractivity contribution in [1.29, 1.82) is 0 Å². The van der Waals surface area contributed by atoms with E-state index in [1.54, 1.807) is 19.1 Å². The summed E-state index contributed by atoms with van der Waals surface area (Å²) in [5, 5.41) is 0.369. The molecular formula is C15H13BrN2O2S2. The molecule has 0 fully saturated rings. The van der Waals surface area contributed by atoms with Gasteiger partial charge in [0.05, 0.1) is 15.1 Å². The van der Waals surface area contributed by atoms with Crippen LogP contribution in [0.5, 0.6) is 0 Å². The minimum atomic E-state index is -3.63. The maximum Gasteiger partial charge on any atom is 0.263 e. The number of rotatable bonds is 3. The number of benzene rings is 2. The fraction of sp³-hybridized carbons (Fsp3) is 0.133. The quantitative estimate of drug-likeness (QED) is 0.709. The van der Waals surface area contributed by atoms with Crippen LogP contribution in [0.3, 0.4) is 0 Å². The molecule has 0 unspecified atom stereocenters. The molecule has 1 heterocycles. The van der Waals surface area contributed by atoms with Gasteiger partial charge in [-0.15, -0.1) is 0 Å². The summed E-state index contributed by atoms with van der Waals surface area (Å²) in [5.74, 6) is 0. The number of nitrogens with zero attached hydrogens (tertiary/aromatic N) is 1. The summed E-state index contributed by atoms with van der Waals surface area (Å²) in [6.07, 6.45) is 0. The van der Waals surface area contributed by atoms with Crippen LogP contribution in [0.1, 0.15) is 11.1 Å². The number of anilines is 1. The van der Waals surface area contributed by atoms with Gasteiger partial charge in [0.1, 0.15) is 0 Å². The first-order chi connectivity index (χ1) is 10.3. The van der Waals surface area contributed by atoms with Gasteiger partial charge >= 0.3 is 0 Å². The highest BCUT2D eigenvalue weighted by Crippen LogP contribution is 2.30. The van der Waals surface area contributed by atoms with Crippen LogP contribution in [-0.2, 0) is 10.0 Å². The number of halogens is 1. The first kappa shape index (κ1) is 15.5. The van der Waals surface area contributed by atoms with Crippen LogP contribution in [0.2, 0.25) is 0 Å². The Balaban J connectivity index is 1.99. The predicted octanol–water partition coefficient (Wildman–Crippen LogP) is 4.48. The van der Waals surface area contributed by atoms with Crippen molar-refractivity contribution >= 4 is 52.6 Å². The Morgan fingerprint density at radius 1 is 1.14 bits per heavy atom. The lowest BCUT2D eigenvalue weighted by Crippen LogP contribution is -2.14. The lowest BCUT2D eigenvalue weighted by atomic mass is 10.2. The van der Waals surface area contributed by atoms with Crippen molar-refractivity contribution in [3.05, 3.63) is 52.0 Å². The zero-order valence-electron chi connectivity index (χ0n) is 11.9. The Labute approximate surface area is 141 Å². The van der Waals surface area contributed by atoms with E-state index in [0.29, 0.717) is 5.13 Å². The van der Waals surface area contributed by atoms with E-state index in [1.807, 2.05) is 31.2 Å². The molecule has 1 aromatic heterocycles. The molecule has 22 heavy (non-hydrogen) atoms. The van der Waals surface area contributed by atoms with Crippen molar-refractivity contribution in [3.63, 3.8) is 0 Å². The highest BCUT2D eigenvalue weighted by atomic mass is 79.9. The maximum atomic E-state index is 12.5. The fourth-order valence-electron chi connectivity index (χ4n) is 2.21. The second-order valence-corrected chi connectivity index (χ2v) is 8.60. The number of thiazole rings is 1. The van der Waals surface area contributed by atoms with Gasteiger partial charge in [-0.3, -0.25) is 4.72 Å². The first-order valence-corrected chi connectivity index (χ1v) is 9.60. The summed E-state index contributed by atoms with van der Waals surface area (Å²) in [6, 6.07) is 10.9. The Hall–Kier alpha value is -1.44. The minimum Gasteiger partial charge on any atom is -0.255 e. The summed E-state index contributed by atoms with van der Waals surface area (Å²) >= 11 is 4.71. The molecule has 1 N–H and O–H groups in total. The van der Waals surface area contributed by atoms with Gasteiger partial charge in [0.25, 0.3) is 10.0 Å². The molecule has 3 aromatic rings. The highest BCUT2D eigenvalue weighted by Gasteiger charge is 2.18. The third-order valence-corrected chi connectivity index (χ3v) is 6.25. The van der Waals surface area contributed by atoms with E-state index in [2.05, 4.69) is 25.6 Å². The zero-order valence-corrected chi connectivity index (χ0v) is 15.1. The van der Waals surface area contributed by atoms with Gasteiger partial charge in [-0.25, -0.2) is 13.4 Å². The molecular weight excluding hydrogens is 384 g/mol. The summed E-state index contributed by atoms with van der Waals surface area (Å²) in [4.78, 5) is 4.60. The Bertz CT molecular complexity index is 965. The lowest BCUT2D eigenvalue weighted by molar-refractivity contribution is 0.600.